The number of nitrogens with two attached hydrogens (primary N) is 1. The lowest BCUT2D eigenvalue weighted by Crippen LogP contribution is -2.38. The van der Waals surface area contributed by atoms with Gasteiger partial charge in [0.25, 0.3) is 0 Å². The second kappa shape index (κ2) is 6.10. The van der Waals surface area contributed by atoms with Gasteiger partial charge in [-0.05, 0) is 25.5 Å². The highest BCUT2D eigenvalue weighted by atomic mass is 19.1. The Morgan fingerprint density at radius 3 is 2.62 bits per heavy atom. The van der Waals surface area contributed by atoms with Crippen molar-refractivity contribution in [3.05, 3.63) is 30.1 Å². The maximum atomic E-state index is 13.6. The molecule has 0 aliphatic rings. The molecule has 4 heteroatoms. The number of para-hydroxylation sites is 1. The number of anilines is 1. The summed E-state index contributed by atoms with van der Waals surface area (Å²) in [6, 6.07) is 6.57. The Labute approximate surface area is 95.8 Å². The summed E-state index contributed by atoms with van der Waals surface area (Å²) < 4.78 is 13.6. The lowest BCUT2D eigenvalue weighted by molar-refractivity contribution is 0.626. The van der Waals surface area contributed by atoms with Gasteiger partial charge < -0.3 is 10.6 Å². The van der Waals surface area contributed by atoms with E-state index >= 15 is 0 Å². The number of halogens is 1. The highest BCUT2D eigenvalue weighted by Gasteiger charge is 2.11. The summed E-state index contributed by atoms with van der Waals surface area (Å²) in [6.45, 7) is 5.20. The quantitative estimate of drug-likeness (QED) is 0.629. The molecular weight excluding hydrogens is 205 g/mol. The SMILES string of the molecule is CCCN=C(N)N(CC)c1ccccc1F. The van der Waals surface area contributed by atoms with E-state index in [4.69, 9.17) is 5.73 Å². The number of benzene rings is 1. The number of hydrogen-bond donors (Lipinski definition) is 1. The minimum absolute atomic E-state index is 0.279. The van der Waals surface area contributed by atoms with Crippen LogP contribution in [0.1, 0.15) is 20.3 Å². The number of rotatable bonds is 4. The first-order chi connectivity index (χ1) is 7.70. The fraction of sp³-hybridized carbons (Fsp3) is 0.417. The van der Waals surface area contributed by atoms with Crippen LogP contribution in [0.15, 0.2) is 29.3 Å². The van der Waals surface area contributed by atoms with Crippen molar-refractivity contribution in [2.45, 2.75) is 20.3 Å². The molecule has 0 aliphatic heterocycles. The maximum Gasteiger partial charge on any atom is 0.195 e. The van der Waals surface area contributed by atoms with E-state index < -0.39 is 0 Å². The second-order valence-corrected chi connectivity index (χ2v) is 3.44. The largest absolute Gasteiger partial charge is 0.370 e. The summed E-state index contributed by atoms with van der Waals surface area (Å²) in [5.41, 5.74) is 6.30. The van der Waals surface area contributed by atoms with Gasteiger partial charge >= 0.3 is 0 Å². The summed E-state index contributed by atoms with van der Waals surface area (Å²) in [5, 5.41) is 0. The molecule has 1 aromatic carbocycles. The van der Waals surface area contributed by atoms with Gasteiger partial charge in [-0.15, -0.1) is 0 Å². The smallest absolute Gasteiger partial charge is 0.195 e. The van der Waals surface area contributed by atoms with Crippen LogP contribution in [0.2, 0.25) is 0 Å². The third-order valence-corrected chi connectivity index (χ3v) is 2.23. The van der Waals surface area contributed by atoms with Crippen molar-refractivity contribution in [2.75, 3.05) is 18.0 Å². The number of aliphatic imine (C=N–C) groups is 1. The van der Waals surface area contributed by atoms with Gasteiger partial charge in [0.15, 0.2) is 5.96 Å². The van der Waals surface area contributed by atoms with E-state index in [-0.39, 0.29) is 5.82 Å². The van der Waals surface area contributed by atoms with Crippen LogP contribution < -0.4 is 10.6 Å². The fourth-order valence-corrected chi connectivity index (χ4v) is 1.44. The molecule has 0 unspecified atom stereocenters. The van der Waals surface area contributed by atoms with Crippen LogP contribution in [0, 0.1) is 5.82 Å². The van der Waals surface area contributed by atoms with Crippen LogP contribution in [0.4, 0.5) is 10.1 Å². The molecule has 0 saturated carbocycles. The minimum atomic E-state index is -0.279. The molecule has 16 heavy (non-hydrogen) atoms. The van der Waals surface area contributed by atoms with Crippen molar-refractivity contribution < 1.29 is 4.39 Å². The number of hydrogen-bond acceptors (Lipinski definition) is 1. The zero-order valence-corrected chi connectivity index (χ0v) is 9.78. The Morgan fingerprint density at radius 1 is 1.38 bits per heavy atom. The van der Waals surface area contributed by atoms with Crippen molar-refractivity contribution in [3.8, 4) is 0 Å². The van der Waals surface area contributed by atoms with Crippen LogP contribution in [0.3, 0.4) is 0 Å². The average molecular weight is 223 g/mol. The van der Waals surface area contributed by atoms with Gasteiger partial charge in [0.05, 0.1) is 5.69 Å². The maximum absolute atomic E-state index is 13.6. The first kappa shape index (κ1) is 12.5. The summed E-state index contributed by atoms with van der Waals surface area (Å²) in [5.74, 6) is 0.0912. The van der Waals surface area contributed by atoms with Crippen LogP contribution in [-0.2, 0) is 0 Å². The summed E-state index contributed by atoms with van der Waals surface area (Å²) in [6.07, 6.45) is 0.926. The summed E-state index contributed by atoms with van der Waals surface area (Å²) in [7, 11) is 0. The highest BCUT2D eigenvalue weighted by molar-refractivity contribution is 5.94. The molecule has 0 bridgehead atoms. The highest BCUT2D eigenvalue weighted by Crippen LogP contribution is 2.17. The topological polar surface area (TPSA) is 41.6 Å². The van der Waals surface area contributed by atoms with Gasteiger partial charge in [-0.1, -0.05) is 19.1 Å². The van der Waals surface area contributed by atoms with Gasteiger partial charge in [0.1, 0.15) is 5.82 Å². The van der Waals surface area contributed by atoms with Crippen LogP contribution in [-0.4, -0.2) is 19.0 Å². The van der Waals surface area contributed by atoms with Gasteiger partial charge in [-0.2, -0.15) is 0 Å². The van der Waals surface area contributed by atoms with Crippen molar-refractivity contribution in [1.29, 1.82) is 0 Å². The third kappa shape index (κ3) is 2.95. The lowest BCUT2D eigenvalue weighted by Gasteiger charge is -2.22. The Bertz CT molecular complexity index is 363. The van der Waals surface area contributed by atoms with Crippen LogP contribution >= 0.6 is 0 Å². The molecule has 3 nitrogen and oxygen atoms in total. The Morgan fingerprint density at radius 2 is 2.06 bits per heavy atom. The number of guanidine groups is 1. The minimum Gasteiger partial charge on any atom is -0.370 e. The molecule has 0 amide bonds. The monoisotopic (exact) mass is 223 g/mol. The first-order valence-electron chi connectivity index (χ1n) is 5.52. The molecule has 0 fully saturated rings. The molecule has 1 rings (SSSR count). The van der Waals surface area contributed by atoms with Crippen LogP contribution in [0.25, 0.3) is 0 Å². The van der Waals surface area contributed by atoms with Gasteiger partial charge in [-0.3, -0.25) is 4.99 Å². The lowest BCUT2D eigenvalue weighted by atomic mass is 10.3. The molecule has 0 heterocycles. The van der Waals surface area contributed by atoms with E-state index in [1.54, 1.807) is 23.1 Å². The van der Waals surface area contributed by atoms with Gasteiger partial charge in [0, 0.05) is 13.1 Å². The molecule has 0 spiro atoms. The molecule has 2 N–H and O–H groups in total. The van der Waals surface area contributed by atoms with Crippen molar-refractivity contribution in [2.24, 2.45) is 10.7 Å². The van der Waals surface area contributed by atoms with Crippen molar-refractivity contribution >= 4 is 11.6 Å². The van der Waals surface area contributed by atoms with E-state index in [0.717, 1.165) is 6.42 Å². The predicted molar refractivity (Wildman–Crippen MR) is 66.2 cm³/mol. The second-order valence-electron chi connectivity index (χ2n) is 3.44. The normalized spacial score (nSPS) is 11.6. The number of nitrogens with zero attached hydrogens (tertiary/aromatic N) is 2. The van der Waals surface area contributed by atoms with Crippen molar-refractivity contribution in [3.63, 3.8) is 0 Å². The molecule has 1 aromatic rings. The van der Waals surface area contributed by atoms with E-state index in [1.165, 1.54) is 6.07 Å². The third-order valence-electron chi connectivity index (χ3n) is 2.23. The first-order valence-corrected chi connectivity index (χ1v) is 5.52. The predicted octanol–water partition coefficient (Wildman–Crippen LogP) is 2.38. The Balaban J connectivity index is 2.94. The zero-order valence-electron chi connectivity index (χ0n) is 9.78. The molecule has 0 radical (unpaired) electrons. The average Bonchev–Trinajstić information content (AvgIpc) is 2.30. The van der Waals surface area contributed by atoms with E-state index in [0.29, 0.717) is 24.7 Å². The zero-order chi connectivity index (χ0) is 12.0. The van der Waals surface area contributed by atoms with Gasteiger partial charge in [0.2, 0.25) is 0 Å². The van der Waals surface area contributed by atoms with Crippen LogP contribution in [0.5, 0.6) is 0 Å². The standard InChI is InChI=1S/C12H18FN3/c1-3-9-15-12(14)16(4-2)11-8-6-5-7-10(11)13/h5-8H,3-4,9H2,1-2H3,(H2,14,15). The summed E-state index contributed by atoms with van der Waals surface area (Å²) in [4.78, 5) is 5.86. The molecule has 0 aromatic heterocycles. The molecular formula is C12H18FN3. The summed E-state index contributed by atoms with van der Waals surface area (Å²) >= 11 is 0. The van der Waals surface area contributed by atoms with Crippen molar-refractivity contribution in [1.82, 2.24) is 0 Å². The molecule has 88 valence electrons. The molecule has 0 aliphatic carbocycles. The van der Waals surface area contributed by atoms with Gasteiger partial charge in [-0.25, -0.2) is 4.39 Å². The molecule has 0 atom stereocenters. The fourth-order valence-electron chi connectivity index (χ4n) is 1.44. The Kier molecular flexibility index (Phi) is 4.76. The van der Waals surface area contributed by atoms with E-state index in [2.05, 4.69) is 4.99 Å². The van der Waals surface area contributed by atoms with E-state index in [1.807, 2.05) is 13.8 Å². The molecule has 0 saturated heterocycles. The van der Waals surface area contributed by atoms with E-state index in [9.17, 15) is 4.39 Å². The Hall–Kier alpha value is -1.58.